The maximum absolute atomic E-state index is 4.04. The van der Waals surface area contributed by atoms with E-state index in [0.717, 1.165) is 12.4 Å². The number of halogens is 2. The Hall–Kier alpha value is -0.320. The molecular formula is C5H12Cl2N4. The fraction of sp³-hybridized carbons (Fsp3) is 0.600. The van der Waals surface area contributed by atoms with E-state index < -0.39 is 0 Å². The van der Waals surface area contributed by atoms with E-state index in [0.29, 0.717) is 0 Å². The summed E-state index contributed by atoms with van der Waals surface area (Å²) in [6.07, 6.45) is 1.69. The Bertz CT molecular complexity index is 188. The van der Waals surface area contributed by atoms with Crippen LogP contribution in [0.3, 0.4) is 0 Å². The van der Waals surface area contributed by atoms with Gasteiger partial charge >= 0.3 is 0 Å². The number of aryl methyl sites for hydroxylation is 1. The van der Waals surface area contributed by atoms with Crippen LogP contribution in [0.25, 0.3) is 0 Å². The predicted molar refractivity (Wildman–Crippen MR) is 48.3 cm³/mol. The van der Waals surface area contributed by atoms with Crippen molar-refractivity contribution in [1.29, 1.82) is 0 Å². The van der Waals surface area contributed by atoms with Gasteiger partial charge in [0.1, 0.15) is 6.33 Å². The number of aromatic nitrogens is 3. The maximum atomic E-state index is 4.04. The van der Waals surface area contributed by atoms with E-state index in [-0.39, 0.29) is 24.8 Å². The molecule has 0 aliphatic carbocycles. The van der Waals surface area contributed by atoms with Gasteiger partial charge in [0, 0.05) is 7.05 Å². The molecule has 0 saturated carbocycles. The molecule has 4 nitrogen and oxygen atoms in total. The third kappa shape index (κ3) is 4.19. The van der Waals surface area contributed by atoms with Crippen LogP contribution in [0.5, 0.6) is 0 Å². The minimum atomic E-state index is 0. The lowest BCUT2D eigenvalue weighted by atomic mass is 10.6. The summed E-state index contributed by atoms with van der Waals surface area (Å²) in [6, 6.07) is 0. The third-order valence-electron chi connectivity index (χ3n) is 0.982. The second-order valence-corrected chi connectivity index (χ2v) is 1.86. The Labute approximate surface area is 78.2 Å². The van der Waals surface area contributed by atoms with Crippen molar-refractivity contribution in [3.05, 3.63) is 12.2 Å². The van der Waals surface area contributed by atoms with E-state index >= 15 is 0 Å². The van der Waals surface area contributed by atoms with Gasteiger partial charge < -0.3 is 5.32 Å². The van der Waals surface area contributed by atoms with Crippen LogP contribution in [0, 0.1) is 0 Å². The lowest BCUT2D eigenvalue weighted by Crippen LogP contribution is -2.06. The quantitative estimate of drug-likeness (QED) is 0.748. The van der Waals surface area contributed by atoms with Gasteiger partial charge in [-0.05, 0) is 7.05 Å². The van der Waals surface area contributed by atoms with Gasteiger partial charge in [0.2, 0.25) is 0 Å². The number of hydrogen-bond acceptors (Lipinski definition) is 3. The van der Waals surface area contributed by atoms with E-state index in [9.17, 15) is 0 Å². The van der Waals surface area contributed by atoms with Crippen molar-refractivity contribution in [2.45, 2.75) is 6.54 Å². The molecule has 0 radical (unpaired) electrons. The highest BCUT2D eigenvalue weighted by molar-refractivity contribution is 5.85. The molecule has 1 N–H and O–H groups in total. The first-order valence-corrected chi connectivity index (χ1v) is 2.82. The van der Waals surface area contributed by atoms with Crippen LogP contribution >= 0.6 is 24.8 Å². The van der Waals surface area contributed by atoms with E-state index in [1.165, 1.54) is 0 Å². The lowest BCUT2D eigenvalue weighted by molar-refractivity contribution is 0.709. The van der Waals surface area contributed by atoms with Gasteiger partial charge in [-0.1, -0.05) is 0 Å². The SMILES string of the molecule is CNCc1ncn(C)n1.Cl.Cl. The molecule has 0 unspecified atom stereocenters. The first kappa shape index (κ1) is 13.3. The van der Waals surface area contributed by atoms with E-state index in [1.54, 1.807) is 11.0 Å². The molecule has 0 spiro atoms. The average Bonchev–Trinajstić information content (AvgIpc) is 2.17. The van der Waals surface area contributed by atoms with E-state index in [2.05, 4.69) is 15.4 Å². The molecule has 1 heterocycles. The molecule has 1 aromatic heterocycles. The second kappa shape index (κ2) is 6.39. The Morgan fingerprint density at radius 2 is 2.18 bits per heavy atom. The fourth-order valence-corrected chi connectivity index (χ4v) is 0.623. The largest absolute Gasteiger partial charge is 0.313 e. The predicted octanol–water partition coefficient (Wildman–Crippen LogP) is 0.378. The number of rotatable bonds is 2. The normalized spacial score (nSPS) is 8.18. The van der Waals surface area contributed by atoms with Crippen molar-refractivity contribution in [2.75, 3.05) is 7.05 Å². The van der Waals surface area contributed by atoms with Gasteiger partial charge in [-0.25, -0.2) is 4.98 Å². The molecule has 11 heavy (non-hydrogen) atoms. The summed E-state index contributed by atoms with van der Waals surface area (Å²) in [7, 11) is 3.72. The average molecular weight is 199 g/mol. The highest BCUT2D eigenvalue weighted by atomic mass is 35.5. The molecule has 6 heteroatoms. The highest BCUT2D eigenvalue weighted by Gasteiger charge is 1.92. The summed E-state index contributed by atoms with van der Waals surface area (Å²) in [4.78, 5) is 3.99. The lowest BCUT2D eigenvalue weighted by Gasteiger charge is -1.88. The Balaban J connectivity index is 0. The molecule has 0 atom stereocenters. The van der Waals surface area contributed by atoms with Crippen LogP contribution in [-0.2, 0) is 13.6 Å². The van der Waals surface area contributed by atoms with Crippen molar-refractivity contribution < 1.29 is 0 Å². The first-order valence-electron chi connectivity index (χ1n) is 2.82. The first-order chi connectivity index (χ1) is 4.33. The summed E-state index contributed by atoms with van der Waals surface area (Å²) in [6.45, 7) is 0.737. The molecule has 0 fully saturated rings. The third-order valence-corrected chi connectivity index (χ3v) is 0.982. The van der Waals surface area contributed by atoms with Crippen LogP contribution < -0.4 is 5.32 Å². The van der Waals surface area contributed by atoms with Gasteiger partial charge in [-0.3, -0.25) is 4.68 Å². The molecule has 0 aromatic carbocycles. The second-order valence-electron chi connectivity index (χ2n) is 1.86. The minimum absolute atomic E-state index is 0. The van der Waals surface area contributed by atoms with Gasteiger partial charge in [-0.2, -0.15) is 5.10 Å². The number of hydrogen-bond donors (Lipinski definition) is 1. The summed E-state index contributed by atoms with van der Waals surface area (Å²) in [5.74, 6) is 0.833. The summed E-state index contributed by atoms with van der Waals surface area (Å²) in [5, 5.41) is 7.00. The smallest absolute Gasteiger partial charge is 0.164 e. The Morgan fingerprint density at radius 1 is 1.55 bits per heavy atom. The molecule has 0 saturated heterocycles. The van der Waals surface area contributed by atoms with Crippen LogP contribution in [0.2, 0.25) is 0 Å². The monoisotopic (exact) mass is 198 g/mol. The molecule has 1 aromatic rings. The van der Waals surface area contributed by atoms with Crippen LogP contribution in [0.1, 0.15) is 5.82 Å². The van der Waals surface area contributed by atoms with Crippen molar-refractivity contribution in [3.8, 4) is 0 Å². The van der Waals surface area contributed by atoms with Crippen molar-refractivity contribution in [1.82, 2.24) is 20.1 Å². The van der Waals surface area contributed by atoms with Crippen molar-refractivity contribution in [3.63, 3.8) is 0 Å². The van der Waals surface area contributed by atoms with Crippen LogP contribution in [-0.4, -0.2) is 21.8 Å². The molecule has 1 rings (SSSR count). The molecular weight excluding hydrogens is 187 g/mol. The summed E-state index contributed by atoms with van der Waals surface area (Å²) in [5.41, 5.74) is 0. The standard InChI is InChI=1S/C5H10N4.2ClH/c1-6-3-5-7-4-9(2)8-5;;/h4,6H,3H2,1-2H3;2*1H. The number of nitrogens with zero attached hydrogens (tertiary/aromatic N) is 3. The molecule has 0 bridgehead atoms. The molecule has 0 amide bonds. The Morgan fingerprint density at radius 3 is 2.55 bits per heavy atom. The van der Waals surface area contributed by atoms with Gasteiger partial charge in [0.25, 0.3) is 0 Å². The highest BCUT2D eigenvalue weighted by Crippen LogP contribution is 1.84. The zero-order valence-corrected chi connectivity index (χ0v) is 8.08. The van der Waals surface area contributed by atoms with E-state index in [1.807, 2.05) is 14.1 Å². The fourth-order valence-electron chi connectivity index (χ4n) is 0.623. The van der Waals surface area contributed by atoms with Crippen LogP contribution in [0.4, 0.5) is 0 Å². The zero-order chi connectivity index (χ0) is 6.69. The minimum Gasteiger partial charge on any atom is -0.313 e. The van der Waals surface area contributed by atoms with E-state index in [4.69, 9.17) is 0 Å². The van der Waals surface area contributed by atoms with Crippen molar-refractivity contribution >= 4 is 24.8 Å². The number of nitrogens with one attached hydrogen (secondary N) is 1. The van der Waals surface area contributed by atoms with Crippen LogP contribution in [0.15, 0.2) is 6.33 Å². The van der Waals surface area contributed by atoms with Crippen molar-refractivity contribution in [2.24, 2.45) is 7.05 Å². The molecule has 0 aliphatic heterocycles. The molecule has 66 valence electrons. The van der Waals surface area contributed by atoms with Gasteiger partial charge in [-0.15, -0.1) is 24.8 Å². The Kier molecular flexibility index (Phi) is 7.72. The molecule has 0 aliphatic rings. The topological polar surface area (TPSA) is 42.7 Å². The summed E-state index contributed by atoms with van der Waals surface area (Å²) >= 11 is 0. The van der Waals surface area contributed by atoms with Gasteiger partial charge in [0.05, 0.1) is 6.54 Å². The maximum Gasteiger partial charge on any atom is 0.164 e. The van der Waals surface area contributed by atoms with Gasteiger partial charge in [0.15, 0.2) is 5.82 Å². The zero-order valence-electron chi connectivity index (χ0n) is 6.44. The summed E-state index contributed by atoms with van der Waals surface area (Å²) < 4.78 is 1.69.